The highest BCUT2D eigenvalue weighted by Crippen LogP contribution is 2.57. The molecule has 3 N–H and O–H groups in total. The molecule has 0 bridgehead atoms. The van der Waals surface area contributed by atoms with Crippen molar-refractivity contribution in [3.63, 3.8) is 0 Å². The van der Waals surface area contributed by atoms with E-state index in [-0.39, 0.29) is 53.7 Å². The van der Waals surface area contributed by atoms with Crippen LogP contribution in [0.1, 0.15) is 25.6 Å². The van der Waals surface area contributed by atoms with Crippen molar-refractivity contribution in [2.24, 2.45) is 0 Å². The average Bonchev–Trinajstić information content (AvgIpc) is 3.63. The number of hydrogen-bond donors (Lipinski definition) is 2. The maximum Gasteiger partial charge on any atom is 0.475 e. The Hall–Kier alpha value is -4.65. The number of phosphoric ester groups is 1. The summed E-state index contributed by atoms with van der Waals surface area (Å²) < 4.78 is 63.9. The summed E-state index contributed by atoms with van der Waals surface area (Å²) in [4.78, 5) is 48.6. The molecule has 48 heavy (non-hydrogen) atoms. The van der Waals surface area contributed by atoms with Gasteiger partial charge >= 0.3 is 25.4 Å². The van der Waals surface area contributed by atoms with Gasteiger partial charge < -0.3 is 38.9 Å². The number of aliphatic hydroxyl groups is 1. The largest absolute Gasteiger partial charge is 0.478 e. The molecule has 0 spiro atoms. The highest BCUT2D eigenvalue weighted by Gasteiger charge is 2.53. The van der Waals surface area contributed by atoms with Crippen LogP contribution in [0, 0.1) is 0 Å². The van der Waals surface area contributed by atoms with Gasteiger partial charge in [0.2, 0.25) is 0 Å². The first-order valence-electron chi connectivity index (χ1n) is 14.6. The van der Waals surface area contributed by atoms with Crippen LogP contribution in [0.4, 0.5) is 5.82 Å². The van der Waals surface area contributed by atoms with Gasteiger partial charge in [0.15, 0.2) is 42.4 Å². The minimum Gasteiger partial charge on any atom is -0.478 e. The number of rotatable bonds is 12. The molecule has 2 saturated heterocycles. The quantitative estimate of drug-likeness (QED) is 0.121. The summed E-state index contributed by atoms with van der Waals surface area (Å²) in [5, 5.41) is 11.4. The Morgan fingerprint density at radius 2 is 1.77 bits per heavy atom. The van der Waals surface area contributed by atoms with E-state index in [1.54, 1.807) is 13.8 Å². The number of ether oxygens (including phenoxy) is 5. The van der Waals surface area contributed by atoms with Crippen molar-refractivity contribution in [3.05, 3.63) is 46.8 Å². The first-order chi connectivity index (χ1) is 23.1. The number of benzene rings is 1. The SMILES string of the molecule is CCOC(=O)COc1cc2oc(=O)cc(COP3(=O)OC[C@H]4O[C@@H](n5cnc6c(N)ncnc65)[C@H](O)[C@@H]4O3)c2cc1OCC(=O)OCC. The zero-order valence-electron chi connectivity index (χ0n) is 25.5. The lowest BCUT2D eigenvalue weighted by Crippen LogP contribution is -2.39. The van der Waals surface area contributed by atoms with E-state index in [1.807, 2.05) is 0 Å². The van der Waals surface area contributed by atoms with Crippen LogP contribution in [0.5, 0.6) is 11.5 Å². The van der Waals surface area contributed by atoms with E-state index in [0.29, 0.717) is 11.2 Å². The van der Waals surface area contributed by atoms with Crippen LogP contribution < -0.4 is 20.8 Å². The summed E-state index contributed by atoms with van der Waals surface area (Å²) >= 11 is 0. The number of hydrogen-bond acceptors (Lipinski definition) is 18. The Kier molecular flexibility index (Phi) is 9.58. The normalized spacial score (nSPS) is 23.6. The fraction of sp³-hybridized carbons (Fsp3) is 0.429. The predicted molar refractivity (Wildman–Crippen MR) is 160 cm³/mol. The maximum atomic E-state index is 13.6. The van der Waals surface area contributed by atoms with Gasteiger partial charge in [-0.3, -0.25) is 18.1 Å². The highest BCUT2D eigenvalue weighted by molar-refractivity contribution is 7.48. The zero-order chi connectivity index (χ0) is 34.0. The number of fused-ring (bicyclic) bond motifs is 3. The second-order valence-electron chi connectivity index (χ2n) is 10.3. The van der Waals surface area contributed by atoms with Gasteiger partial charge in [0.1, 0.15) is 35.7 Å². The summed E-state index contributed by atoms with van der Waals surface area (Å²) in [6.07, 6.45) is -1.73. The van der Waals surface area contributed by atoms with Crippen molar-refractivity contribution < 1.29 is 60.9 Å². The van der Waals surface area contributed by atoms with E-state index in [0.717, 1.165) is 6.07 Å². The van der Waals surface area contributed by atoms with Gasteiger partial charge in [-0.15, -0.1) is 0 Å². The smallest absolute Gasteiger partial charge is 0.475 e. The van der Waals surface area contributed by atoms with Gasteiger partial charge in [-0.1, -0.05) is 0 Å². The number of aliphatic hydroxyl groups excluding tert-OH is 1. The van der Waals surface area contributed by atoms with Crippen molar-refractivity contribution >= 4 is 47.7 Å². The van der Waals surface area contributed by atoms with E-state index < -0.39 is 69.7 Å². The molecule has 1 aromatic carbocycles. The first kappa shape index (κ1) is 33.3. The van der Waals surface area contributed by atoms with Crippen LogP contribution in [0.25, 0.3) is 22.1 Å². The molecule has 0 radical (unpaired) electrons. The standard InChI is InChI=1S/C28H30N5O14P/c1-3-39-21(35)10-41-17-6-15-14(5-20(34)45-16(15)7-18(17)42-11-22(36)40-4-2)8-43-48(38)44-9-19-25(47-48)24(37)28(46-19)33-13-32-23-26(29)30-12-31-27(23)33/h5-7,12-13,19,24-25,28,37H,3-4,8-11H2,1-2H3,(H2,29,30,31)/t19-,24-,25-,28-,48?/m1/s1. The number of anilines is 1. The minimum atomic E-state index is -4.33. The highest BCUT2D eigenvalue weighted by atomic mass is 31.2. The first-order valence-corrected chi connectivity index (χ1v) is 16.1. The van der Waals surface area contributed by atoms with E-state index in [2.05, 4.69) is 15.0 Å². The van der Waals surface area contributed by atoms with Gasteiger partial charge in [-0.2, -0.15) is 0 Å². The fourth-order valence-electron chi connectivity index (χ4n) is 5.09. The Morgan fingerprint density at radius 1 is 1.06 bits per heavy atom. The maximum absolute atomic E-state index is 13.6. The molecule has 2 fully saturated rings. The number of nitrogens with zero attached hydrogens (tertiary/aromatic N) is 4. The predicted octanol–water partition coefficient (Wildman–Crippen LogP) is 1.40. The van der Waals surface area contributed by atoms with Crippen LogP contribution in [0.2, 0.25) is 0 Å². The lowest BCUT2D eigenvalue weighted by atomic mass is 10.1. The molecular formula is C28H30N5O14P. The molecule has 5 atom stereocenters. The second-order valence-corrected chi connectivity index (χ2v) is 11.9. The molecule has 5 heterocycles. The molecule has 0 saturated carbocycles. The van der Waals surface area contributed by atoms with Crippen molar-refractivity contribution in [2.45, 2.75) is 45.0 Å². The molecule has 20 heteroatoms. The molecule has 2 aliphatic heterocycles. The van der Waals surface area contributed by atoms with E-state index >= 15 is 0 Å². The zero-order valence-corrected chi connectivity index (χ0v) is 26.4. The second kappa shape index (κ2) is 13.8. The number of carbonyl (C=O) groups excluding carboxylic acids is 2. The topological polar surface area (TPSA) is 245 Å². The molecule has 2 aliphatic rings. The third kappa shape index (κ3) is 6.82. The van der Waals surface area contributed by atoms with Crippen LogP contribution in [0.15, 0.2) is 40.1 Å². The molecule has 4 aromatic rings. The number of nitrogen functional groups attached to an aromatic ring is 1. The monoisotopic (exact) mass is 691 g/mol. The van der Waals surface area contributed by atoms with E-state index in [9.17, 15) is 24.1 Å². The molecule has 0 aliphatic carbocycles. The minimum absolute atomic E-state index is 0.00765. The lowest BCUT2D eigenvalue weighted by Gasteiger charge is -2.30. The number of phosphoric acid groups is 1. The molecular weight excluding hydrogens is 661 g/mol. The van der Waals surface area contributed by atoms with Gasteiger partial charge in [0.25, 0.3) is 0 Å². The molecule has 1 unspecified atom stereocenters. The molecule has 6 rings (SSSR count). The summed E-state index contributed by atoms with van der Waals surface area (Å²) in [6, 6.07) is 3.76. The Labute approximate surface area is 270 Å². The van der Waals surface area contributed by atoms with Crippen molar-refractivity contribution in [1.29, 1.82) is 0 Å². The van der Waals surface area contributed by atoms with E-state index in [4.69, 9.17) is 47.4 Å². The number of nitrogens with two attached hydrogens (primary N) is 1. The Balaban J connectivity index is 1.21. The van der Waals surface area contributed by atoms with Gasteiger partial charge in [0.05, 0.1) is 32.8 Å². The van der Waals surface area contributed by atoms with Crippen molar-refractivity contribution in [3.8, 4) is 11.5 Å². The Bertz CT molecular complexity index is 1950. The third-order valence-corrected chi connectivity index (χ3v) is 8.61. The fourth-order valence-corrected chi connectivity index (χ4v) is 6.47. The molecule has 3 aromatic heterocycles. The number of aromatic nitrogens is 4. The number of carbonyl (C=O) groups is 2. The summed E-state index contributed by atoms with van der Waals surface area (Å²) in [5.41, 5.74) is 5.85. The van der Waals surface area contributed by atoms with Gasteiger partial charge in [0, 0.05) is 17.5 Å². The lowest BCUT2D eigenvalue weighted by molar-refractivity contribution is -0.146. The Morgan fingerprint density at radius 3 is 2.48 bits per heavy atom. The molecule has 0 amide bonds. The summed E-state index contributed by atoms with van der Waals surface area (Å²) in [7, 11) is -4.33. The van der Waals surface area contributed by atoms with Crippen LogP contribution >= 0.6 is 7.82 Å². The average molecular weight is 692 g/mol. The van der Waals surface area contributed by atoms with Crippen LogP contribution in [0.3, 0.4) is 0 Å². The van der Waals surface area contributed by atoms with Gasteiger partial charge in [-0.05, 0) is 25.5 Å². The molecule has 256 valence electrons. The third-order valence-electron chi connectivity index (χ3n) is 7.19. The number of esters is 2. The molecule has 19 nitrogen and oxygen atoms in total. The van der Waals surface area contributed by atoms with Crippen LogP contribution in [-0.4, -0.2) is 87.9 Å². The van der Waals surface area contributed by atoms with Crippen molar-refractivity contribution in [2.75, 3.05) is 38.8 Å². The van der Waals surface area contributed by atoms with Gasteiger partial charge in [-0.25, -0.2) is 33.9 Å². The van der Waals surface area contributed by atoms with E-state index in [1.165, 1.54) is 29.4 Å². The van der Waals surface area contributed by atoms with Crippen molar-refractivity contribution in [1.82, 2.24) is 19.5 Å². The van der Waals surface area contributed by atoms with Crippen LogP contribution in [-0.2, 0) is 48.5 Å². The summed E-state index contributed by atoms with van der Waals surface area (Å²) in [5.74, 6) is -1.24. The number of imidazole rings is 1. The summed E-state index contributed by atoms with van der Waals surface area (Å²) in [6.45, 7) is 1.76.